The molecular formula is C18H20O5S. The Labute approximate surface area is 145 Å². The molecule has 0 heterocycles. The Morgan fingerprint density at radius 3 is 2.38 bits per heavy atom. The minimum atomic E-state index is -0.585. The monoisotopic (exact) mass is 348 g/mol. The van der Waals surface area contributed by atoms with Gasteiger partial charge in [0, 0.05) is 15.5 Å². The zero-order valence-electron chi connectivity index (χ0n) is 14.1. The summed E-state index contributed by atoms with van der Waals surface area (Å²) in [6, 6.07) is 7.31. The summed E-state index contributed by atoms with van der Waals surface area (Å²) in [6.07, 6.45) is 0.253. The maximum atomic E-state index is 12.1. The lowest BCUT2D eigenvalue weighted by molar-refractivity contribution is -0.140. The third-order valence-electron chi connectivity index (χ3n) is 3.77. The number of fused-ring (bicyclic) bond motifs is 1. The summed E-state index contributed by atoms with van der Waals surface area (Å²) >= 11 is 1.47. The molecule has 2 aromatic carbocycles. The Balaban J connectivity index is 2.59. The average Bonchev–Trinajstić information content (AvgIpc) is 2.58. The van der Waals surface area contributed by atoms with Gasteiger partial charge in [-0.2, -0.15) is 0 Å². The minimum Gasteiger partial charge on any atom is -0.506 e. The first-order valence-electron chi connectivity index (χ1n) is 7.46. The molecule has 2 aromatic rings. The molecule has 0 saturated heterocycles. The van der Waals surface area contributed by atoms with Crippen LogP contribution in [0, 0.1) is 6.92 Å². The third kappa shape index (κ3) is 3.48. The number of ether oxygens (including phenoxy) is 2. The zero-order chi connectivity index (χ0) is 17.9. The summed E-state index contributed by atoms with van der Waals surface area (Å²) in [4.78, 5) is 24.4. The van der Waals surface area contributed by atoms with Gasteiger partial charge in [0.25, 0.3) is 0 Å². The second kappa shape index (κ2) is 7.57. The van der Waals surface area contributed by atoms with Crippen molar-refractivity contribution in [1.29, 1.82) is 0 Å². The second-order valence-electron chi connectivity index (χ2n) is 5.42. The van der Waals surface area contributed by atoms with Gasteiger partial charge in [0.15, 0.2) is 0 Å². The van der Waals surface area contributed by atoms with Crippen molar-refractivity contribution in [1.82, 2.24) is 0 Å². The molecule has 0 radical (unpaired) electrons. The zero-order valence-corrected chi connectivity index (χ0v) is 14.9. The number of thioether (sulfide) groups is 1. The molecule has 6 heteroatoms. The number of esters is 2. The predicted molar refractivity (Wildman–Crippen MR) is 93.6 cm³/mol. The maximum Gasteiger partial charge on any atom is 0.341 e. The summed E-state index contributed by atoms with van der Waals surface area (Å²) in [5.74, 6) is -0.956. The normalized spacial score (nSPS) is 12.0. The molecule has 0 bridgehead atoms. The summed E-state index contributed by atoms with van der Waals surface area (Å²) in [5, 5.41) is 11.9. The number of methoxy groups -OCH3 is 2. The van der Waals surface area contributed by atoms with Crippen LogP contribution >= 0.6 is 11.8 Å². The van der Waals surface area contributed by atoms with E-state index in [-0.39, 0.29) is 29.0 Å². The van der Waals surface area contributed by atoms with Crippen molar-refractivity contribution >= 4 is 34.5 Å². The molecule has 1 atom stereocenters. The van der Waals surface area contributed by atoms with Crippen molar-refractivity contribution in [2.75, 3.05) is 14.2 Å². The van der Waals surface area contributed by atoms with Gasteiger partial charge in [-0.3, -0.25) is 4.79 Å². The van der Waals surface area contributed by atoms with Gasteiger partial charge in [-0.15, -0.1) is 11.8 Å². The predicted octanol–water partition coefficient (Wildman–Crippen LogP) is 3.68. The summed E-state index contributed by atoms with van der Waals surface area (Å²) < 4.78 is 9.51. The van der Waals surface area contributed by atoms with Gasteiger partial charge in [0.1, 0.15) is 11.3 Å². The standard InChI is InChI=1S/C18H20O5S/c1-10(9-14(19)22-3)24-17-11(2)15(18(21)23-4)16(20)12-7-5-6-8-13(12)17/h5-8,10,20H,9H2,1-4H3. The average molecular weight is 348 g/mol. The number of carbonyl (C=O) groups is 2. The lowest BCUT2D eigenvalue weighted by Gasteiger charge is -2.18. The van der Waals surface area contributed by atoms with E-state index < -0.39 is 5.97 Å². The molecule has 0 spiro atoms. The van der Waals surface area contributed by atoms with Crippen LogP contribution in [0.15, 0.2) is 29.2 Å². The molecule has 128 valence electrons. The maximum absolute atomic E-state index is 12.1. The van der Waals surface area contributed by atoms with Gasteiger partial charge in [0.2, 0.25) is 0 Å². The second-order valence-corrected chi connectivity index (χ2v) is 6.87. The molecule has 0 aromatic heterocycles. The van der Waals surface area contributed by atoms with E-state index in [2.05, 4.69) is 0 Å². The summed E-state index contributed by atoms with van der Waals surface area (Å²) in [5.41, 5.74) is 0.795. The van der Waals surface area contributed by atoms with Gasteiger partial charge >= 0.3 is 11.9 Å². The Morgan fingerprint density at radius 2 is 1.79 bits per heavy atom. The fourth-order valence-electron chi connectivity index (χ4n) is 2.58. The molecule has 24 heavy (non-hydrogen) atoms. The SMILES string of the molecule is COC(=O)CC(C)Sc1c(C)c(C(=O)OC)c(O)c2ccccc12. The highest BCUT2D eigenvalue weighted by Crippen LogP contribution is 2.42. The van der Waals surface area contributed by atoms with Crippen LogP contribution in [0.4, 0.5) is 0 Å². The van der Waals surface area contributed by atoms with Crippen molar-refractivity contribution in [2.45, 2.75) is 30.4 Å². The van der Waals surface area contributed by atoms with E-state index in [9.17, 15) is 14.7 Å². The molecule has 0 amide bonds. The van der Waals surface area contributed by atoms with Crippen molar-refractivity contribution in [3.05, 3.63) is 35.4 Å². The molecule has 1 N–H and O–H groups in total. The van der Waals surface area contributed by atoms with E-state index >= 15 is 0 Å². The Morgan fingerprint density at radius 1 is 1.17 bits per heavy atom. The Hall–Kier alpha value is -2.21. The number of benzene rings is 2. The lowest BCUT2D eigenvalue weighted by atomic mass is 10.00. The van der Waals surface area contributed by atoms with E-state index in [1.54, 1.807) is 19.1 Å². The molecule has 2 rings (SSSR count). The molecule has 0 fully saturated rings. The quantitative estimate of drug-likeness (QED) is 0.656. The van der Waals surface area contributed by atoms with Gasteiger partial charge in [-0.05, 0) is 17.9 Å². The Kier molecular flexibility index (Phi) is 5.72. The van der Waals surface area contributed by atoms with Crippen LogP contribution in [-0.2, 0) is 14.3 Å². The van der Waals surface area contributed by atoms with Crippen LogP contribution in [0.3, 0.4) is 0 Å². The van der Waals surface area contributed by atoms with E-state index in [0.29, 0.717) is 10.9 Å². The fourth-order valence-corrected chi connectivity index (χ4v) is 3.79. The molecular weight excluding hydrogens is 328 g/mol. The highest BCUT2D eigenvalue weighted by atomic mass is 32.2. The van der Waals surface area contributed by atoms with Gasteiger partial charge in [-0.1, -0.05) is 31.2 Å². The smallest absolute Gasteiger partial charge is 0.341 e. The minimum absolute atomic E-state index is 0.0467. The van der Waals surface area contributed by atoms with Crippen LogP contribution in [0.1, 0.15) is 29.3 Å². The third-order valence-corrected chi connectivity index (χ3v) is 5.10. The van der Waals surface area contributed by atoms with Crippen molar-refractivity contribution in [3.8, 4) is 5.75 Å². The highest BCUT2D eigenvalue weighted by Gasteiger charge is 2.23. The van der Waals surface area contributed by atoms with Crippen LogP contribution < -0.4 is 0 Å². The number of rotatable bonds is 5. The first-order valence-corrected chi connectivity index (χ1v) is 8.34. The highest BCUT2D eigenvalue weighted by molar-refractivity contribution is 8.00. The number of phenols is 1. The fraction of sp³-hybridized carbons (Fsp3) is 0.333. The van der Waals surface area contributed by atoms with E-state index in [1.165, 1.54) is 26.0 Å². The topological polar surface area (TPSA) is 72.8 Å². The molecule has 1 unspecified atom stereocenters. The van der Waals surface area contributed by atoms with Crippen molar-refractivity contribution < 1.29 is 24.2 Å². The van der Waals surface area contributed by atoms with Crippen molar-refractivity contribution in [2.24, 2.45) is 0 Å². The lowest BCUT2D eigenvalue weighted by Crippen LogP contribution is -2.10. The van der Waals surface area contributed by atoms with Gasteiger partial charge in [0.05, 0.1) is 20.6 Å². The molecule has 0 aliphatic heterocycles. The summed E-state index contributed by atoms with van der Waals surface area (Å²) in [6.45, 7) is 3.69. The molecule has 0 aliphatic carbocycles. The van der Waals surface area contributed by atoms with E-state index in [0.717, 1.165) is 10.3 Å². The largest absolute Gasteiger partial charge is 0.506 e. The number of hydrogen-bond acceptors (Lipinski definition) is 6. The van der Waals surface area contributed by atoms with Gasteiger partial charge in [-0.25, -0.2) is 4.79 Å². The van der Waals surface area contributed by atoms with Crippen LogP contribution in [0.5, 0.6) is 5.75 Å². The molecule has 0 saturated carbocycles. The summed E-state index contributed by atoms with van der Waals surface area (Å²) in [7, 11) is 2.64. The Bertz CT molecular complexity index is 785. The van der Waals surface area contributed by atoms with Crippen LogP contribution in [0.2, 0.25) is 0 Å². The van der Waals surface area contributed by atoms with Crippen molar-refractivity contribution in [3.63, 3.8) is 0 Å². The number of hydrogen-bond donors (Lipinski definition) is 1. The number of carbonyl (C=O) groups excluding carboxylic acids is 2. The number of aromatic hydroxyl groups is 1. The van der Waals surface area contributed by atoms with E-state index in [4.69, 9.17) is 9.47 Å². The van der Waals surface area contributed by atoms with Crippen LogP contribution in [-0.4, -0.2) is 36.5 Å². The van der Waals surface area contributed by atoms with Gasteiger partial charge < -0.3 is 14.6 Å². The van der Waals surface area contributed by atoms with Crippen LogP contribution in [0.25, 0.3) is 10.8 Å². The first-order chi connectivity index (χ1) is 11.4. The number of phenolic OH excluding ortho intramolecular Hbond substituents is 1. The van der Waals surface area contributed by atoms with E-state index in [1.807, 2.05) is 19.1 Å². The molecule has 0 aliphatic rings. The molecule has 5 nitrogen and oxygen atoms in total. The first kappa shape index (κ1) is 18.1.